The molecule has 0 saturated carbocycles. The van der Waals surface area contributed by atoms with Gasteiger partial charge < -0.3 is 4.74 Å². The molecule has 1 aromatic rings. The average Bonchev–Trinajstić information content (AvgIpc) is 2.17. The quantitative estimate of drug-likeness (QED) is 0.722. The fourth-order valence-electron chi connectivity index (χ4n) is 1.99. The van der Waals surface area contributed by atoms with Gasteiger partial charge in [-0.05, 0) is 36.5 Å². The second-order valence-electron chi connectivity index (χ2n) is 4.83. The summed E-state index contributed by atoms with van der Waals surface area (Å²) in [6.45, 7) is 9.47. The summed E-state index contributed by atoms with van der Waals surface area (Å²) in [6.07, 6.45) is 1.13. The Kier molecular flexibility index (Phi) is 4.85. The van der Waals surface area contributed by atoms with Crippen LogP contribution in [0.2, 0.25) is 0 Å². The summed E-state index contributed by atoms with van der Waals surface area (Å²) in [5.41, 5.74) is 1.57. The zero-order valence-electron chi connectivity index (χ0n) is 10.6. The van der Waals surface area contributed by atoms with Gasteiger partial charge in [0.15, 0.2) is 0 Å². The van der Waals surface area contributed by atoms with Crippen LogP contribution in [-0.4, -0.2) is 11.4 Å². The van der Waals surface area contributed by atoms with E-state index >= 15 is 0 Å². The first-order valence-electron chi connectivity index (χ1n) is 5.83. The van der Waals surface area contributed by atoms with Crippen molar-refractivity contribution in [2.24, 2.45) is 0 Å². The fourth-order valence-corrected chi connectivity index (χ4v) is 2.80. The predicted octanol–water partition coefficient (Wildman–Crippen LogP) is 4.54. The lowest BCUT2D eigenvalue weighted by atomic mass is 9.81. The van der Waals surface area contributed by atoms with Gasteiger partial charge in [0, 0.05) is 4.83 Å². The first kappa shape index (κ1) is 13.6. The fraction of sp³-hybridized carbons (Fsp3) is 0.571. The monoisotopic (exact) mass is 284 g/mol. The molecule has 0 aliphatic rings. The van der Waals surface area contributed by atoms with Crippen molar-refractivity contribution in [3.63, 3.8) is 0 Å². The van der Waals surface area contributed by atoms with E-state index in [9.17, 15) is 0 Å². The van der Waals surface area contributed by atoms with Crippen LogP contribution in [-0.2, 0) is 5.41 Å². The first-order chi connectivity index (χ1) is 7.45. The Bertz CT molecular complexity index is 314. The number of hydrogen-bond acceptors (Lipinski definition) is 1. The van der Waals surface area contributed by atoms with E-state index in [4.69, 9.17) is 4.74 Å². The summed E-state index contributed by atoms with van der Waals surface area (Å²) in [4.78, 5) is 0.536. The standard InChI is InChI=1S/C14H21BrO/c1-5-16-13-8-6-12(7-9-13)14(3,4)10-11(2)15/h6-9,11H,5,10H2,1-4H3. The second kappa shape index (κ2) is 5.72. The Morgan fingerprint density at radius 1 is 1.25 bits per heavy atom. The smallest absolute Gasteiger partial charge is 0.119 e. The first-order valence-corrected chi connectivity index (χ1v) is 6.74. The molecule has 1 rings (SSSR count). The van der Waals surface area contributed by atoms with E-state index < -0.39 is 0 Å². The van der Waals surface area contributed by atoms with Crippen LogP contribution in [0.25, 0.3) is 0 Å². The van der Waals surface area contributed by atoms with Gasteiger partial charge in [-0.2, -0.15) is 0 Å². The van der Waals surface area contributed by atoms with E-state index in [1.165, 1.54) is 5.56 Å². The number of rotatable bonds is 5. The van der Waals surface area contributed by atoms with Crippen molar-refractivity contribution < 1.29 is 4.74 Å². The predicted molar refractivity (Wildman–Crippen MR) is 73.6 cm³/mol. The molecular formula is C14H21BrO. The topological polar surface area (TPSA) is 9.23 Å². The molecule has 0 radical (unpaired) electrons. The highest BCUT2D eigenvalue weighted by molar-refractivity contribution is 9.09. The molecule has 1 unspecified atom stereocenters. The molecule has 0 fully saturated rings. The Balaban J connectivity index is 2.79. The molecule has 0 heterocycles. The Labute approximate surface area is 107 Å². The third-order valence-electron chi connectivity index (χ3n) is 2.74. The van der Waals surface area contributed by atoms with Gasteiger partial charge in [0.25, 0.3) is 0 Å². The third kappa shape index (κ3) is 3.82. The number of halogens is 1. The number of benzene rings is 1. The van der Waals surface area contributed by atoms with Gasteiger partial charge in [0.05, 0.1) is 6.61 Å². The minimum absolute atomic E-state index is 0.202. The van der Waals surface area contributed by atoms with Crippen LogP contribution in [0.4, 0.5) is 0 Å². The maximum Gasteiger partial charge on any atom is 0.119 e. The summed E-state index contributed by atoms with van der Waals surface area (Å²) < 4.78 is 5.45. The Morgan fingerprint density at radius 2 is 1.81 bits per heavy atom. The van der Waals surface area contributed by atoms with Gasteiger partial charge in [-0.25, -0.2) is 0 Å². The SMILES string of the molecule is CCOc1ccc(C(C)(C)CC(C)Br)cc1. The lowest BCUT2D eigenvalue weighted by Gasteiger charge is -2.26. The third-order valence-corrected chi connectivity index (χ3v) is 3.06. The molecule has 0 amide bonds. The minimum Gasteiger partial charge on any atom is -0.494 e. The molecule has 16 heavy (non-hydrogen) atoms. The van der Waals surface area contributed by atoms with Crippen molar-refractivity contribution in [3.05, 3.63) is 29.8 Å². The summed E-state index contributed by atoms with van der Waals surface area (Å²) in [6, 6.07) is 8.44. The van der Waals surface area contributed by atoms with Crippen molar-refractivity contribution in [3.8, 4) is 5.75 Å². The molecule has 1 nitrogen and oxygen atoms in total. The summed E-state index contributed by atoms with van der Waals surface area (Å²) in [5.74, 6) is 0.953. The highest BCUT2D eigenvalue weighted by Crippen LogP contribution is 2.31. The van der Waals surface area contributed by atoms with E-state index in [0.717, 1.165) is 18.8 Å². The summed E-state index contributed by atoms with van der Waals surface area (Å²) in [7, 11) is 0. The molecule has 1 aromatic carbocycles. The number of hydrogen-bond donors (Lipinski definition) is 0. The van der Waals surface area contributed by atoms with Gasteiger partial charge in [-0.3, -0.25) is 0 Å². The van der Waals surface area contributed by atoms with Crippen LogP contribution < -0.4 is 4.74 Å². The van der Waals surface area contributed by atoms with Crippen LogP contribution in [0.3, 0.4) is 0 Å². The molecule has 0 aliphatic heterocycles. The molecule has 0 spiro atoms. The van der Waals surface area contributed by atoms with Crippen LogP contribution in [0.1, 0.15) is 39.7 Å². The highest BCUT2D eigenvalue weighted by atomic mass is 79.9. The lowest BCUT2D eigenvalue weighted by molar-refractivity contribution is 0.340. The van der Waals surface area contributed by atoms with Crippen LogP contribution in [0.15, 0.2) is 24.3 Å². The maximum absolute atomic E-state index is 5.45. The molecule has 0 aromatic heterocycles. The van der Waals surface area contributed by atoms with Gasteiger partial charge in [0.1, 0.15) is 5.75 Å². The minimum atomic E-state index is 0.202. The van der Waals surface area contributed by atoms with Crippen LogP contribution in [0.5, 0.6) is 5.75 Å². The van der Waals surface area contributed by atoms with Crippen molar-refractivity contribution in [2.75, 3.05) is 6.61 Å². The molecule has 0 N–H and O–H groups in total. The summed E-state index contributed by atoms with van der Waals surface area (Å²) >= 11 is 3.62. The zero-order valence-corrected chi connectivity index (χ0v) is 12.2. The Hall–Kier alpha value is -0.500. The molecule has 90 valence electrons. The number of alkyl halides is 1. The molecule has 0 saturated heterocycles. The normalized spacial score (nSPS) is 13.6. The molecule has 1 atom stereocenters. The zero-order chi connectivity index (χ0) is 12.2. The van der Waals surface area contributed by atoms with Crippen LogP contribution in [0, 0.1) is 0 Å². The van der Waals surface area contributed by atoms with Crippen molar-refractivity contribution in [2.45, 2.75) is 44.4 Å². The van der Waals surface area contributed by atoms with Crippen LogP contribution >= 0.6 is 15.9 Å². The van der Waals surface area contributed by atoms with Crippen molar-refractivity contribution in [1.82, 2.24) is 0 Å². The largest absolute Gasteiger partial charge is 0.494 e. The van der Waals surface area contributed by atoms with E-state index in [1.54, 1.807) is 0 Å². The van der Waals surface area contributed by atoms with E-state index in [2.05, 4.69) is 61.0 Å². The second-order valence-corrected chi connectivity index (χ2v) is 6.39. The molecular weight excluding hydrogens is 264 g/mol. The molecule has 0 bridgehead atoms. The van der Waals surface area contributed by atoms with Gasteiger partial charge in [0.2, 0.25) is 0 Å². The van der Waals surface area contributed by atoms with Crippen molar-refractivity contribution >= 4 is 15.9 Å². The van der Waals surface area contributed by atoms with Gasteiger partial charge in [-0.15, -0.1) is 0 Å². The van der Waals surface area contributed by atoms with E-state index in [0.29, 0.717) is 4.83 Å². The van der Waals surface area contributed by atoms with Gasteiger partial charge >= 0.3 is 0 Å². The highest BCUT2D eigenvalue weighted by Gasteiger charge is 2.22. The van der Waals surface area contributed by atoms with Crippen molar-refractivity contribution in [1.29, 1.82) is 0 Å². The summed E-state index contributed by atoms with van der Waals surface area (Å²) in [5, 5.41) is 0. The maximum atomic E-state index is 5.45. The lowest BCUT2D eigenvalue weighted by Crippen LogP contribution is -2.20. The van der Waals surface area contributed by atoms with Gasteiger partial charge in [-0.1, -0.05) is 48.8 Å². The average molecular weight is 285 g/mol. The molecule has 0 aliphatic carbocycles. The van der Waals surface area contributed by atoms with E-state index in [1.807, 2.05) is 6.92 Å². The van der Waals surface area contributed by atoms with E-state index in [-0.39, 0.29) is 5.41 Å². The molecule has 2 heteroatoms. The Morgan fingerprint density at radius 3 is 2.25 bits per heavy atom. The number of ether oxygens (including phenoxy) is 1.